The molecule has 4 heteroatoms. The second-order valence-electron chi connectivity index (χ2n) is 5.31. The summed E-state index contributed by atoms with van der Waals surface area (Å²) in [7, 11) is 1.84. The van der Waals surface area contributed by atoms with Crippen molar-refractivity contribution in [3.05, 3.63) is 35.4 Å². The largest absolute Gasteiger partial charge is 0.393 e. The highest BCUT2D eigenvalue weighted by Gasteiger charge is 2.29. The molecule has 0 spiro atoms. The molecular formula is C15H21NO2S. The number of thioether (sulfide) groups is 1. The molecule has 0 atom stereocenters. The lowest BCUT2D eigenvalue weighted by Crippen LogP contribution is -2.39. The van der Waals surface area contributed by atoms with Crippen molar-refractivity contribution in [3.8, 4) is 0 Å². The number of hydrogen-bond donors (Lipinski definition) is 1. The Bertz CT molecular complexity index is 426. The molecule has 1 aromatic rings. The van der Waals surface area contributed by atoms with Crippen LogP contribution in [0.4, 0.5) is 0 Å². The third-order valence-corrected chi connectivity index (χ3v) is 4.22. The fraction of sp³-hybridized carbons (Fsp3) is 0.533. The van der Waals surface area contributed by atoms with E-state index in [4.69, 9.17) is 0 Å². The molecule has 0 bridgehead atoms. The van der Waals surface area contributed by atoms with E-state index in [0.717, 1.165) is 30.7 Å². The van der Waals surface area contributed by atoms with E-state index in [0.29, 0.717) is 5.92 Å². The first-order chi connectivity index (χ1) is 9.10. The van der Waals surface area contributed by atoms with Crippen molar-refractivity contribution in [3.63, 3.8) is 0 Å². The van der Waals surface area contributed by atoms with Gasteiger partial charge in [-0.05, 0) is 42.7 Å². The Labute approximate surface area is 119 Å². The maximum atomic E-state index is 12.2. The van der Waals surface area contributed by atoms with Gasteiger partial charge in [-0.25, -0.2) is 0 Å². The van der Waals surface area contributed by atoms with Crippen LogP contribution in [0.3, 0.4) is 0 Å². The monoisotopic (exact) mass is 279 g/mol. The van der Waals surface area contributed by atoms with Gasteiger partial charge >= 0.3 is 0 Å². The van der Waals surface area contributed by atoms with E-state index in [-0.39, 0.29) is 12.0 Å². The molecular weight excluding hydrogens is 258 g/mol. The van der Waals surface area contributed by atoms with Gasteiger partial charge in [0.25, 0.3) is 5.91 Å². The van der Waals surface area contributed by atoms with Crippen LogP contribution < -0.4 is 0 Å². The molecule has 0 radical (unpaired) electrons. The van der Waals surface area contributed by atoms with Crippen LogP contribution >= 0.6 is 11.8 Å². The molecule has 2 rings (SSSR count). The van der Waals surface area contributed by atoms with Gasteiger partial charge in [-0.2, -0.15) is 11.8 Å². The van der Waals surface area contributed by atoms with E-state index in [1.54, 1.807) is 16.7 Å². The van der Waals surface area contributed by atoms with Gasteiger partial charge in [-0.3, -0.25) is 4.79 Å². The van der Waals surface area contributed by atoms with E-state index in [1.807, 2.05) is 31.3 Å². The topological polar surface area (TPSA) is 40.5 Å². The Morgan fingerprint density at radius 3 is 2.53 bits per heavy atom. The molecule has 1 aromatic carbocycles. The lowest BCUT2D eigenvalue weighted by molar-refractivity contribution is 0.0265. The first-order valence-electron chi connectivity index (χ1n) is 6.61. The van der Waals surface area contributed by atoms with Crippen molar-refractivity contribution in [2.75, 3.05) is 19.8 Å². The molecule has 0 saturated heterocycles. The van der Waals surface area contributed by atoms with Crippen LogP contribution in [0.1, 0.15) is 28.8 Å². The fourth-order valence-electron chi connectivity index (χ4n) is 2.45. The van der Waals surface area contributed by atoms with Crippen molar-refractivity contribution in [2.45, 2.75) is 24.7 Å². The minimum Gasteiger partial charge on any atom is -0.393 e. The molecule has 0 heterocycles. The van der Waals surface area contributed by atoms with Crippen molar-refractivity contribution >= 4 is 17.7 Å². The number of aliphatic hydroxyl groups excluding tert-OH is 1. The van der Waals surface area contributed by atoms with E-state index in [2.05, 4.69) is 6.26 Å². The molecule has 0 unspecified atom stereocenters. The van der Waals surface area contributed by atoms with Crippen molar-refractivity contribution in [2.24, 2.45) is 5.92 Å². The van der Waals surface area contributed by atoms with Crippen molar-refractivity contribution in [1.29, 1.82) is 0 Å². The molecule has 1 saturated carbocycles. The summed E-state index contributed by atoms with van der Waals surface area (Å²) >= 11 is 1.78. The smallest absolute Gasteiger partial charge is 0.253 e. The standard InChI is InChI=1S/C15H21NO2S/c1-16(9-12-7-14(17)8-12)15(18)13-5-3-11(4-6-13)10-19-2/h3-6,12,14,17H,7-10H2,1-2H3. The highest BCUT2D eigenvalue weighted by Crippen LogP contribution is 2.27. The molecule has 3 nitrogen and oxygen atoms in total. The van der Waals surface area contributed by atoms with Crippen molar-refractivity contribution in [1.82, 2.24) is 4.90 Å². The van der Waals surface area contributed by atoms with Gasteiger partial charge in [0.15, 0.2) is 0 Å². The first kappa shape index (κ1) is 14.4. The van der Waals surface area contributed by atoms with Gasteiger partial charge in [0.1, 0.15) is 0 Å². The Kier molecular flexibility index (Phi) is 4.88. The van der Waals surface area contributed by atoms with Gasteiger partial charge in [-0.15, -0.1) is 0 Å². The van der Waals surface area contributed by atoms with Gasteiger partial charge in [-0.1, -0.05) is 12.1 Å². The zero-order chi connectivity index (χ0) is 13.8. The van der Waals surface area contributed by atoms with Crippen LogP contribution in [0.5, 0.6) is 0 Å². The van der Waals surface area contributed by atoms with Crippen LogP contribution in [0.2, 0.25) is 0 Å². The second kappa shape index (κ2) is 6.44. The Balaban J connectivity index is 1.90. The van der Waals surface area contributed by atoms with Gasteiger partial charge in [0.05, 0.1) is 6.10 Å². The number of benzene rings is 1. The maximum absolute atomic E-state index is 12.2. The number of carbonyl (C=O) groups is 1. The van der Waals surface area contributed by atoms with Crippen LogP contribution in [0.15, 0.2) is 24.3 Å². The van der Waals surface area contributed by atoms with Crippen molar-refractivity contribution < 1.29 is 9.90 Å². The summed E-state index contributed by atoms with van der Waals surface area (Å²) in [5.41, 5.74) is 1.99. The summed E-state index contributed by atoms with van der Waals surface area (Å²) in [4.78, 5) is 14.0. The molecule has 1 amide bonds. The number of carbonyl (C=O) groups excluding carboxylic acids is 1. The van der Waals surface area contributed by atoms with E-state index < -0.39 is 0 Å². The minimum absolute atomic E-state index is 0.0668. The summed E-state index contributed by atoms with van der Waals surface area (Å²) in [6, 6.07) is 7.84. The van der Waals surface area contributed by atoms with Crippen LogP contribution in [0, 0.1) is 5.92 Å². The second-order valence-corrected chi connectivity index (χ2v) is 6.17. The predicted molar refractivity (Wildman–Crippen MR) is 79.4 cm³/mol. The maximum Gasteiger partial charge on any atom is 0.253 e. The average molecular weight is 279 g/mol. The normalized spacial score (nSPS) is 21.8. The molecule has 19 heavy (non-hydrogen) atoms. The van der Waals surface area contributed by atoms with E-state index >= 15 is 0 Å². The average Bonchev–Trinajstić information content (AvgIpc) is 2.37. The molecule has 104 valence electrons. The number of aliphatic hydroxyl groups is 1. The molecule has 1 N–H and O–H groups in total. The lowest BCUT2D eigenvalue weighted by atomic mass is 9.82. The predicted octanol–water partition coefficient (Wildman–Crippen LogP) is 2.39. The quantitative estimate of drug-likeness (QED) is 0.899. The molecule has 1 aliphatic rings. The number of amides is 1. The Hall–Kier alpha value is -1.00. The molecule has 1 fully saturated rings. The molecule has 1 aliphatic carbocycles. The highest BCUT2D eigenvalue weighted by atomic mass is 32.2. The third kappa shape index (κ3) is 3.74. The lowest BCUT2D eigenvalue weighted by Gasteiger charge is -2.34. The Morgan fingerprint density at radius 2 is 2.00 bits per heavy atom. The van der Waals surface area contributed by atoms with Crippen LogP contribution in [-0.2, 0) is 5.75 Å². The molecule has 0 aromatic heterocycles. The SMILES string of the molecule is CSCc1ccc(C(=O)N(C)CC2CC(O)C2)cc1. The summed E-state index contributed by atoms with van der Waals surface area (Å²) in [6.07, 6.45) is 3.56. The summed E-state index contributed by atoms with van der Waals surface area (Å²) in [5, 5.41) is 9.26. The summed E-state index contributed by atoms with van der Waals surface area (Å²) < 4.78 is 0. The number of nitrogens with zero attached hydrogens (tertiary/aromatic N) is 1. The van der Waals surface area contributed by atoms with Gasteiger partial charge < -0.3 is 10.0 Å². The first-order valence-corrected chi connectivity index (χ1v) is 8.01. The number of hydrogen-bond acceptors (Lipinski definition) is 3. The summed E-state index contributed by atoms with van der Waals surface area (Å²) in [5.74, 6) is 1.50. The summed E-state index contributed by atoms with van der Waals surface area (Å²) in [6.45, 7) is 0.739. The molecule has 0 aliphatic heterocycles. The zero-order valence-corrected chi connectivity index (χ0v) is 12.3. The van der Waals surface area contributed by atoms with Gasteiger partial charge in [0.2, 0.25) is 0 Å². The van der Waals surface area contributed by atoms with E-state index in [1.165, 1.54) is 5.56 Å². The van der Waals surface area contributed by atoms with Gasteiger partial charge in [0, 0.05) is 24.9 Å². The fourth-order valence-corrected chi connectivity index (χ4v) is 2.98. The van der Waals surface area contributed by atoms with Crippen LogP contribution in [0.25, 0.3) is 0 Å². The Morgan fingerprint density at radius 1 is 1.37 bits per heavy atom. The van der Waals surface area contributed by atoms with E-state index in [9.17, 15) is 9.90 Å². The number of rotatable bonds is 5. The van der Waals surface area contributed by atoms with Crippen LogP contribution in [-0.4, -0.2) is 41.9 Å². The third-order valence-electron chi connectivity index (χ3n) is 3.60. The minimum atomic E-state index is -0.153. The highest BCUT2D eigenvalue weighted by molar-refractivity contribution is 7.97. The zero-order valence-electron chi connectivity index (χ0n) is 11.5.